The Hall–Kier alpha value is -0.740. The predicted molar refractivity (Wildman–Crippen MR) is 68.5 cm³/mol. The van der Waals surface area contributed by atoms with E-state index < -0.39 is 0 Å². The van der Waals surface area contributed by atoms with Crippen molar-refractivity contribution in [1.82, 2.24) is 0 Å². The van der Waals surface area contributed by atoms with Crippen molar-refractivity contribution < 1.29 is 13.9 Å². The van der Waals surface area contributed by atoms with E-state index >= 15 is 0 Å². The number of hydrogen-bond acceptors (Lipinski definition) is 2. The molecule has 1 rings (SSSR count). The summed E-state index contributed by atoms with van der Waals surface area (Å²) in [4.78, 5) is 11.6. The molecule has 1 aromatic carbocycles. The third kappa shape index (κ3) is 4.96. The van der Waals surface area contributed by atoms with Crippen molar-refractivity contribution in [3.63, 3.8) is 0 Å². The molecule has 1 aromatic rings. The standard InChI is InChI=1S/C13H16BrFO2/c1-2-17-8-4-6-11(16)9-10-5-3-7-12(15)13(10)14/h3,5,7H,2,4,6,8-9H2,1H3. The first-order valence-electron chi connectivity index (χ1n) is 5.67. The van der Waals surface area contributed by atoms with Crippen LogP contribution in [0.4, 0.5) is 4.39 Å². The van der Waals surface area contributed by atoms with Crippen LogP contribution < -0.4 is 0 Å². The molecule has 17 heavy (non-hydrogen) atoms. The van der Waals surface area contributed by atoms with Gasteiger partial charge in [0.05, 0.1) is 4.47 Å². The van der Waals surface area contributed by atoms with Crippen LogP contribution in [0, 0.1) is 5.82 Å². The van der Waals surface area contributed by atoms with Crippen molar-refractivity contribution in [1.29, 1.82) is 0 Å². The number of ether oxygens (including phenoxy) is 1. The first-order chi connectivity index (χ1) is 8.15. The van der Waals surface area contributed by atoms with E-state index in [1.165, 1.54) is 6.07 Å². The predicted octanol–water partition coefficient (Wildman–Crippen LogP) is 3.52. The van der Waals surface area contributed by atoms with Crippen LogP contribution in [-0.4, -0.2) is 19.0 Å². The van der Waals surface area contributed by atoms with Crippen LogP contribution in [-0.2, 0) is 16.0 Å². The summed E-state index contributed by atoms with van der Waals surface area (Å²) in [5.74, 6) is -0.222. The van der Waals surface area contributed by atoms with Gasteiger partial charge in [-0.25, -0.2) is 4.39 Å². The fourth-order valence-electron chi connectivity index (χ4n) is 1.50. The molecule has 0 saturated carbocycles. The van der Waals surface area contributed by atoms with Gasteiger partial charge in [-0.1, -0.05) is 12.1 Å². The Balaban J connectivity index is 2.43. The summed E-state index contributed by atoms with van der Waals surface area (Å²) in [7, 11) is 0. The quantitative estimate of drug-likeness (QED) is 0.720. The molecule has 0 heterocycles. The number of carbonyl (C=O) groups excluding carboxylic acids is 1. The normalized spacial score (nSPS) is 10.5. The highest BCUT2D eigenvalue weighted by molar-refractivity contribution is 9.10. The smallest absolute Gasteiger partial charge is 0.137 e. The van der Waals surface area contributed by atoms with E-state index in [-0.39, 0.29) is 18.0 Å². The van der Waals surface area contributed by atoms with Gasteiger partial charge < -0.3 is 4.74 Å². The third-order valence-electron chi connectivity index (χ3n) is 2.37. The first kappa shape index (κ1) is 14.3. The molecule has 0 spiro atoms. The lowest BCUT2D eigenvalue weighted by molar-refractivity contribution is -0.118. The molecule has 2 nitrogen and oxygen atoms in total. The topological polar surface area (TPSA) is 26.3 Å². The number of Topliss-reactive ketones (excluding diaryl/α,β-unsaturated/α-hetero) is 1. The maximum Gasteiger partial charge on any atom is 0.137 e. The molecule has 4 heteroatoms. The molecule has 94 valence electrons. The highest BCUT2D eigenvalue weighted by Crippen LogP contribution is 2.21. The van der Waals surface area contributed by atoms with Gasteiger partial charge in [0.2, 0.25) is 0 Å². The van der Waals surface area contributed by atoms with Gasteiger partial charge >= 0.3 is 0 Å². The van der Waals surface area contributed by atoms with Gasteiger partial charge in [-0.2, -0.15) is 0 Å². The number of rotatable bonds is 7. The highest BCUT2D eigenvalue weighted by Gasteiger charge is 2.09. The second-order valence-corrected chi connectivity index (χ2v) is 4.52. The van der Waals surface area contributed by atoms with Crippen molar-refractivity contribution in [2.24, 2.45) is 0 Å². The maximum absolute atomic E-state index is 13.2. The summed E-state index contributed by atoms with van der Waals surface area (Å²) in [5.41, 5.74) is 0.700. The van der Waals surface area contributed by atoms with Gasteiger partial charge in [0.1, 0.15) is 11.6 Å². The van der Waals surface area contributed by atoms with Gasteiger partial charge in [0.25, 0.3) is 0 Å². The molecule has 0 N–H and O–H groups in total. The number of halogens is 2. The first-order valence-corrected chi connectivity index (χ1v) is 6.46. The van der Waals surface area contributed by atoms with Crippen molar-refractivity contribution in [2.45, 2.75) is 26.2 Å². The van der Waals surface area contributed by atoms with E-state index in [0.29, 0.717) is 29.7 Å². The van der Waals surface area contributed by atoms with Gasteiger partial charge in [-0.3, -0.25) is 4.79 Å². The van der Waals surface area contributed by atoms with E-state index in [4.69, 9.17) is 4.74 Å². The number of hydrogen-bond donors (Lipinski definition) is 0. The van der Waals surface area contributed by atoms with Crippen molar-refractivity contribution in [2.75, 3.05) is 13.2 Å². The summed E-state index contributed by atoms with van der Waals surface area (Å²) in [5, 5.41) is 0. The van der Waals surface area contributed by atoms with Crippen molar-refractivity contribution in [3.8, 4) is 0 Å². The Labute approximate surface area is 109 Å². The SMILES string of the molecule is CCOCCCC(=O)Cc1cccc(F)c1Br. The molecule has 0 amide bonds. The fraction of sp³-hybridized carbons (Fsp3) is 0.462. The Kier molecular flexibility index (Phi) is 6.37. The van der Waals surface area contributed by atoms with Gasteiger partial charge in [-0.05, 0) is 40.9 Å². The van der Waals surface area contributed by atoms with Crippen LogP contribution in [0.5, 0.6) is 0 Å². The lowest BCUT2D eigenvalue weighted by Crippen LogP contribution is -2.05. The Bertz CT molecular complexity index is 380. The minimum absolute atomic E-state index is 0.107. The second-order valence-electron chi connectivity index (χ2n) is 3.73. The molecule has 0 saturated heterocycles. The summed E-state index contributed by atoms with van der Waals surface area (Å²) in [6.07, 6.45) is 1.47. The van der Waals surface area contributed by atoms with Crippen LogP contribution in [0.1, 0.15) is 25.3 Å². The molecule has 0 fully saturated rings. The summed E-state index contributed by atoms with van der Waals surface area (Å²) in [6.45, 7) is 3.20. The molecule has 0 atom stereocenters. The number of carbonyl (C=O) groups is 1. The molecule has 0 aromatic heterocycles. The molecule has 0 aliphatic carbocycles. The van der Waals surface area contributed by atoms with Gasteiger partial charge in [-0.15, -0.1) is 0 Å². The fourth-order valence-corrected chi connectivity index (χ4v) is 1.91. The summed E-state index contributed by atoms with van der Waals surface area (Å²) < 4.78 is 18.7. The monoisotopic (exact) mass is 302 g/mol. The molecule has 0 radical (unpaired) electrons. The molecule has 0 bridgehead atoms. The van der Waals surface area contributed by atoms with Crippen LogP contribution >= 0.6 is 15.9 Å². The molecule has 0 aliphatic rings. The Morgan fingerprint density at radius 1 is 1.47 bits per heavy atom. The van der Waals surface area contributed by atoms with E-state index in [1.807, 2.05) is 6.92 Å². The van der Waals surface area contributed by atoms with E-state index in [2.05, 4.69) is 15.9 Å². The average molecular weight is 303 g/mol. The average Bonchev–Trinajstić information content (AvgIpc) is 2.31. The lowest BCUT2D eigenvalue weighted by Gasteiger charge is -2.05. The number of ketones is 1. The minimum atomic E-state index is -0.329. The molecular weight excluding hydrogens is 287 g/mol. The van der Waals surface area contributed by atoms with E-state index in [9.17, 15) is 9.18 Å². The summed E-state index contributed by atoms with van der Waals surface area (Å²) in [6, 6.07) is 4.74. The molecule has 0 aliphatic heterocycles. The van der Waals surface area contributed by atoms with Crippen molar-refractivity contribution >= 4 is 21.7 Å². The Morgan fingerprint density at radius 3 is 2.94 bits per heavy atom. The van der Waals surface area contributed by atoms with Crippen LogP contribution in [0.3, 0.4) is 0 Å². The van der Waals surface area contributed by atoms with Crippen molar-refractivity contribution in [3.05, 3.63) is 34.1 Å². The van der Waals surface area contributed by atoms with Crippen LogP contribution in [0.25, 0.3) is 0 Å². The van der Waals surface area contributed by atoms with Gasteiger partial charge in [0, 0.05) is 26.1 Å². The highest BCUT2D eigenvalue weighted by atomic mass is 79.9. The van der Waals surface area contributed by atoms with E-state index in [1.54, 1.807) is 12.1 Å². The zero-order valence-corrected chi connectivity index (χ0v) is 11.4. The Morgan fingerprint density at radius 2 is 2.24 bits per heavy atom. The molecule has 0 unspecified atom stereocenters. The lowest BCUT2D eigenvalue weighted by atomic mass is 10.1. The summed E-state index contributed by atoms with van der Waals surface area (Å²) >= 11 is 3.15. The maximum atomic E-state index is 13.2. The largest absolute Gasteiger partial charge is 0.382 e. The third-order valence-corrected chi connectivity index (χ3v) is 3.26. The number of benzene rings is 1. The second kappa shape index (κ2) is 7.56. The minimum Gasteiger partial charge on any atom is -0.382 e. The zero-order chi connectivity index (χ0) is 12.7. The van der Waals surface area contributed by atoms with Crippen LogP contribution in [0.15, 0.2) is 22.7 Å². The van der Waals surface area contributed by atoms with Gasteiger partial charge in [0.15, 0.2) is 0 Å². The zero-order valence-electron chi connectivity index (χ0n) is 9.84. The molecular formula is C13H16BrFO2. The van der Waals surface area contributed by atoms with E-state index in [0.717, 1.165) is 6.42 Å². The van der Waals surface area contributed by atoms with Crippen LogP contribution in [0.2, 0.25) is 0 Å².